The van der Waals surface area contributed by atoms with E-state index in [0.717, 1.165) is 51.4 Å². The molecule has 0 aliphatic rings. The van der Waals surface area contributed by atoms with Crippen molar-refractivity contribution < 1.29 is 38.2 Å². The van der Waals surface area contributed by atoms with Gasteiger partial charge in [-0.2, -0.15) is 0 Å². The van der Waals surface area contributed by atoms with E-state index in [-0.39, 0.29) is 42.7 Å². The van der Waals surface area contributed by atoms with Gasteiger partial charge in [0.25, 0.3) is 0 Å². The highest BCUT2D eigenvalue weighted by Crippen LogP contribution is 2.13. The van der Waals surface area contributed by atoms with Gasteiger partial charge in [0, 0.05) is 19.3 Å². The number of likely N-dealkylation sites (N-methyl/N-ethyl adjacent to an activating group) is 1. The molecule has 0 aliphatic heterocycles. The van der Waals surface area contributed by atoms with Crippen LogP contribution in [0.3, 0.4) is 0 Å². The van der Waals surface area contributed by atoms with Crippen LogP contribution >= 0.6 is 0 Å². The summed E-state index contributed by atoms with van der Waals surface area (Å²) >= 11 is 0. The van der Waals surface area contributed by atoms with Crippen LogP contribution in [0, 0.1) is 0 Å². The largest absolute Gasteiger partial charge is 0.544 e. The zero-order chi connectivity index (χ0) is 36.4. The average molecular weight is 694 g/mol. The van der Waals surface area contributed by atoms with Gasteiger partial charge in [0.15, 0.2) is 6.10 Å². The number of carbonyl (C=O) groups is 3. The Morgan fingerprint density at radius 1 is 0.612 bits per heavy atom. The number of aliphatic carboxylic acids is 1. The van der Waals surface area contributed by atoms with Crippen molar-refractivity contribution in [3.05, 3.63) is 24.3 Å². The molecule has 0 spiro atoms. The Labute approximate surface area is 301 Å². The number of carbonyl (C=O) groups excluding carboxylic acids is 3. The molecule has 0 N–H and O–H groups in total. The van der Waals surface area contributed by atoms with Gasteiger partial charge in [-0.15, -0.1) is 0 Å². The van der Waals surface area contributed by atoms with Crippen molar-refractivity contribution in [1.29, 1.82) is 0 Å². The SMILES string of the molecule is CCCCCCCCC/C=C/C=C/CCCCCC(=O)OCC(COCCC(C(=O)[O-])[N+](C)(C)C)OC(=O)CCCCCCCCCCC. The monoisotopic (exact) mass is 694 g/mol. The minimum Gasteiger partial charge on any atom is -0.544 e. The lowest BCUT2D eigenvalue weighted by Gasteiger charge is -2.34. The molecule has 286 valence electrons. The summed E-state index contributed by atoms with van der Waals surface area (Å²) in [5.41, 5.74) is 0. The predicted octanol–water partition coefficient (Wildman–Crippen LogP) is 8.80. The summed E-state index contributed by atoms with van der Waals surface area (Å²) in [4.78, 5) is 36.6. The maximum absolute atomic E-state index is 12.6. The molecule has 0 rings (SSSR count). The number of rotatable bonds is 35. The fraction of sp³-hybridized carbons (Fsp3) is 0.829. The van der Waals surface area contributed by atoms with E-state index < -0.39 is 18.1 Å². The highest BCUT2D eigenvalue weighted by atomic mass is 16.6. The molecule has 8 nitrogen and oxygen atoms in total. The van der Waals surface area contributed by atoms with Crippen molar-refractivity contribution in [2.24, 2.45) is 0 Å². The van der Waals surface area contributed by atoms with Gasteiger partial charge in [-0.1, -0.05) is 134 Å². The van der Waals surface area contributed by atoms with Gasteiger partial charge in [-0.25, -0.2) is 0 Å². The molecule has 0 aromatic carbocycles. The zero-order valence-electron chi connectivity index (χ0n) is 32.4. The molecule has 2 atom stereocenters. The zero-order valence-corrected chi connectivity index (χ0v) is 32.4. The third-order valence-corrected chi connectivity index (χ3v) is 8.87. The first kappa shape index (κ1) is 46.8. The van der Waals surface area contributed by atoms with Gasteiger partial charge in [0.05, 0.1) is 40.3 Å². The number of nitrogens with zero attached hydrogens (tertiary/aromatic N) is 1. The normalized spacial score (nSPS) is 13.2. The van der Waals surface area contributed by atoms with Gasteiger partial charge in [0.2, 0.25) is 0 Å². The second-order valence-corrected chi connectivity index (χ2v) is 14.6. The lowest BCUT2D eigenvalue weighted by atomic mass is 10.1. The smallest absolute Gasteiger partial charge is 0.306 e. The van der Waals surface area contributed by atoms with Crippen LogP contribution in [-0.2, 0) is 28.6 Å². The molecule has 0 saturated heterocycles. The fourth-order valence-electron chi connectivity index (χ4n) is 5.71. The van der Waals surface area contributed by atoms with Gasteiger partial charge in [-0.3, -0.25) is 9.59 Å². The molecule has 8 heteroatoms. The van der Waals surface area contributed by atoms with Crippen molar-refractivity contribution in [2.45, 2.75) is 180 Å². The second-order valence-electron chi connectivity index (χ2n) is 14.6. The van der Waals surface area contributed by atoms with E-state index in [1.54, 1.807) is 21.1 Å². The van der Waals surface area contributed by atoms with Crippen LogP contribution in [0.4, 0.5) is 0 Å². The van der Waals surface area contributed by atoms with Crippen LogP contribution in [0.2, 0.25) is 0 Å². The first-order valence-electron chi connectivity index (χ1n) is 19.9. The van der Waals surface area contributed by atoms with Crippen LogP contribution in [0.25, 0.3) is 0 Å². The Hall–Kier alpha value is -2.19. The van der Waals surface area contributed by atoms with Crippen molar-refractivity contribution in [3.8, 4) is 0 Å². The number of allylic oxidation sites excluding steroid dienone is 4. The molecular weight excluding hydrogens is 618 g/mol. The second kappa shape index (κ2) is 33.0. The molecule has 0 saturated carbocycles. The summed E-state index contributed by atoms with van der Waals surface area (Å²) in [6.07, 6.45) is 33.5. The maximum atomic E-state index is 12.6. The minimum atomic E-state index is -1.13. The molecule has 0 aromatic heterocycles. The van der Waals surface area contributed by atoms with Crippen molar-refractivity contribution >= 4 is 17.9 Å². The van der Waals surface area contributed by atoms with Crippen LogP contribution in [0.15, 0.2) is 24.3 Å². The highest BCUT2D eigenvalue weighted by Gasteiger charge is 2.25. The Morgan fingerprint density at radius 3 is 1.55 bits per heavy atom. The number of ether oxygens (including phenoxy) is 3. The number of carboxylic acid groups (broad SMARTS) is 1. The number of hydrogen-bond acceptors (Lipinski definition) is 7. The molecule has 0 fully saturated rings. The first-order chi connectivity index (χ1) is 23.6. The van der Waals surface area contributed by atoms with E-state index in [4.69, 9.17) is 14.2 Å². The number of quaternary nitrogens is 1. The Kier molecular flexibility index (Phi) is 31.5. The summed E-state index contributed by atoms with van der Waals surface area (Å²) in [5.74, 6) is -1.77. The Morgan fingerprint density at radius 2 is 1.06 bits per heavy atom. The van der Waals surface area contributed by atoms with Gasteiger partial charge in [-0.05, 0) is 38.5 Å². The molecule has 0 aliphatic carbocycles. The third-order valence-electron chi connectivity index (χ3n) is 8.87. The first-order valence-corrected chi connectivity index (χ1v) is 19.9. The van der Waals surface area contributed by atoms with Crippen LogP contribution < -0.4 is 5.11 Å². The molecule has 0 heterocycles. The third kappa shape index (κ3) is 31.5. The van der Waals surface area contributed by atoms with Crippen LogP contribution in [0.1, 0.15) is 168 Å². The van der Waals surface area contributed by atoms with E-state index in [0.29, 0.717) is 12.8 Å². The highest BCUT2D eigenvalue weighted by molar-refractivity contribution is 5.70. The summed E-state index contributed by atoms with van der Waals surface area (Å²) in [6, 6.07) is -0.725. The summed E-state index contributed by atoms with van der Waals surface area (Å²) in [6.45, 7) is 4.60. The van der Waals surface area contributed by atoms with Crippen LogP contribution in [-0.4, -0.2) is 75.5 Å². The average Bonchev–Trinajstić information content (AvgIpc) is 3.05. The van der Waals surface area contributed by atoms with Crippen molar-refractivity contribution in [3.63, 3.8) is 0 Å². The summed E-state index contributed by atoms with van der Waals surface area (Å²) < 4.78 is 17.0. The maximum Gasteiger partial charge on any atom is 0.306 e. The molecule has 2 unspecified atom stereocenters. The number of hydrogen-bond donors (Lipinski definition) is 0. The summed E-state index contributed by atoms with van der Waals surface area (Å²) in [5, 5.41) is 11.6. The lowest BCUT2D eigenvalue weighted by molar-refractivity contribution is -0.889. The molecule has 0 aromatic rings. The topological polar surface area (TPSA) is 102 Å². The number of unbranched alkanes of at least 4 members (excludes halogenated alkanes) is 18. The predicted molar refractivity (Wildman–Crippen MR) is 199 cm³/mol. The fourth-order valence-corrected chi connectivity index (χ4v) is 5.71. The molecular formula is C41H75NO7. The van der Waals surface area contributed by atoms with Crippen molar-refractivity contribution in [1.82, 2.24) is 0 Å². The van der Waals surface area contributed by atoms with Crippen molar-refractivity contribution in [2.75, 3.05) is 41.0 Å². The standard InChI is InChI=1S/C41H75NO7/c1-6-8-10-12-14-16-17-18-19-20-21-22-24-25-27-29-31-39(43)48-36-37(35-47-34-33-38(41(45)46)42(3,4)5)49-40(44)32-30-28-26-23-15-13-11-9-7-2/h19-22,37-38H,6-18,23-36H2,1-5H3/b20-19+,22-21+. The Bertz CT molecular complexity index is 864. The number of esters is 2. The van der Waals surface area contributed by atoms with E-state index in [9.17, 15) is 19.5 Å². The molecule has 0 bridgehead atoms. The lowest BCUT2D eigenvalue weighted by Crippen LogP contribution is -2.55. The molecule has 0 amide bonds. The molecule has 49 heavy (non-hydrogen) atoms. The molecule has 0 radical (unpaired) electrons. The number of carboxylic acids is 1. The van der Waals surface area contributed by atoms with Gasteiger partial charge >= 0.3 is 11.9 Å². The Balaban J connectivity index is 4.40. The van der Waals surface area contributed by atoms with E-state index >= 15 is 0 Å². The van der Waals surface area contributed by atoms with E-state index in [1.165, 1.54) is 83.5 Å². The van der Waals surface area contributed by atoms with Crippen LogP contribution in [0.5, 0.6) is 0 Å². The van der Waals surface area contributed by atoms with E-state index in [1.807, 2.05) is 0 Å². The quantitative estimate of drug-likeness (QED) is 0.0283. The summed E-state index contributed by atoms with van der Waals surface area (Å²) in [7, 11) is 5.39. The van der Waals surface area contributed by atoms with Gasteiger partial charge in [0.1, 0.15) is 12.6 Å². The van der Waals surface area contributed by atoms with Gasteiger partial charge < -0.3 is 28.6 Å². The minimum absolute atomic E-state index is 0.0352. The van der Waals surface area contributed by atoms with E-state index in [2.05, 4.69) is 38.2 Å².